The van der Waals surface area contributed by atoms with Crippen LogP contribution in [0.2, 0.25) is 0 Å². The summed E-state index contributed by atoms with van der Waals surface area (Å²) in [6.45, 7) is 1.89. The monoisotopic (exact) mass is 326 g/mol. The lowest BCUT2D eigenvalue weighted by molar-refractivity contribution is -0.139. The van der Waals surface area contributed by atoms with E-state index in [0.29, 0.717) is 23.0 Å². The lowest BCUT2D eigenvalue weighted by Gasteiger charge is -2.28. The van der Waals surface area contributed by atoms with E-state index in [4.69, 9.17) is 17.0 Å². The molecule has 1 aromatic heterocycles. The lowest BCUT2D eigenvalue weighted by atomic mass is 10.0. The number of thiophene rings is 1. The number of nitrogens with one attached hydrogen (secondary N) is 2. The Morgan fingerprint density at radius 3 is 3.05 bits per heavy atom. The second kappa shape index (κ2) is 7.53. The molecule has 0 radical (unpaired) electrons. The van der Waals surface area contributed by atoms with Gasteiger partial charge in [-0.15, -0.1) is 0 Å². The highest BCUT2D eigenvalue weighted by Crippen LogP contribution is 2.14. The Morgan fingerprint density at radius 2 is 2.38 bits per heavy atom. The molecular formula is C14H18N2O3S2. The van der Waals surface area contributed by atoms with Gasteiger partial charge in [-0.1, -0.05) is 0 Å². The van der Waals surface area contributed by atoms with Crippen molar-refractivity contribution in [3.8, 4) is 0 Å². The predicted molar refractivity (Wildman–Crippen MR) is 86.0 cm³/mol. The standard InChI is InChI=1S/C14H18N2O3S2/c1-9-12(11(7-17)16-14(20)15-9)13(18)19-5-2-3-10-4-6-21-8-10/h4,6,8,11,17H,2-3,5,7H2,1H3,(H2,15,16,20). The number of hydrogen-bond acceptors (Lipinski definition) is 5. The van der Waals surface area contributed by atoms with Gasteiger partial charge in [-0.25, -0.2) is 4.79 Å². The molecule has 0 bridgehead atoms. The van der Waals surface area contributed by atoms with E-state index < -0.39 is 12.0 Å². The normalized spacial score (nSPS) is 18.2. The van der Waals surface area contributed by atoms with Crippen LogP contribution in [0.15, 0.2) is 28.1 Å². The predicted octanol–water partition coefficient (Wildman–Crippen LogP) is 1.34. The van der Waals surface area contributed by atoms with E-state index in [1.165, 1.54) is 5.56 Å². The molecule has 1 atom stereocenters. The first-order valence-corrected chi connectivity index (χ1v) is 8.04. The number of aliphatic hydroxyl groups is 1. The van der Waals surface area contributed by atoms with Crippen LogP contribution >= 0.6 is 23.6 Å². The minimum atomic E-state index is -0.511. The van der Waals surface area contributed by atoms with Crippen LogP contribution in [0, 0.1) is 0 Å². The molecule has 0 saturated heterocycles. The van der Waals surface area contributed by atoms with Gasteiger partial charge in [0, 0.05) is 5.70 Å². The molecule has 3 N–H and O–H groups in total. The molecule has 1 aliphatic heterocycles. The fourth-order valence-electron chi connectivity index (χ4n) is 2.15. The van der Waals surface area contributed by atoms with Crippen molar-refractivity contribution in [3.05, 3.63) is 33.7 Å². The van der Waals surface area contributed by atoms with Crippen molar-refractivity contribution in [2.75, 3.05) is 13.2 Å². The zero-order valence-corrected chi connectivity index (χ0v) is 13.4. The summed E-state index contributed by atoms with van der Waals surface area (Å²) in [5, 5.41) is 19.6. The van der Waals surface area contributed by atoms with Gasteiger partial charge >= 0.3 is 5.97 Å². The third kappa shape index (κ3) is 4.26. The summed E-state index contributed by atoms with van der Waals surface area (Å²) in [6.07, 6.45) is 1.66. The Hall–Kier alpha value is -1.44. The summed E-state index contributed by atoms with van der Waals surface area (Å²) in [4.78, 5) is 12.1. The Labute approximate surface area is 133 Å². The van der Waals surface area contributed by atoms with Crippen LogP contribution in [0.1, 0.15) is 18.9 Å². The summed E-state index contributed by atoms with van der Waals surface area (Å²) in [5.74, 6) is -0.417. The quantitative estimate of drug-likeness (QED) is 0.416. The Balaban J connectivity index is 1.86. The van der Waals surface area contributed by atoms with Gasteiger partial charge in [0.25, 0.3) is 0 Å². The number of allylic oxidation sites excluding steroid dienone is 1. The van der Waals surface area contributed by atoms with Gasteiger partial charge in [-0.2, -0.15) is 11.3 Å². The molecule has 2 heterocycles. The van der Waals surface area contributed by atoms with Crippen molar-refractivity contribution in [1.29, 1.82) is 0 Å². The van der Waals surface area contributed by atoms with E-state index >= 15 is 0 Å². The van der Waals surface area contributed by atoms with E-state index in [1.54, 1.807) is 18.3 Å². The van der Waals surface area contributed by atoms with Crippen LogP contribution < -0.4 is 10.6 Å². The third-order valence-electron chi connectivity index (χ3n) is 3.18. The minimum Gasteiger partial charge on any atom is -0.462 e. The van der Waals surface area contributed by atoms with Crippen molar-refractivity contribution in [2.45, 2.75) is 25.8 Å². The Kier molecular flexibility index (Phi) is 5.72. The van der Waals surface area contributed by atoms with Crippen LogP contribution in [0.4, 0.5) is 0 Å². The molecule has 5 nitrogen and oxygen atoms in total. The fourth-order valence-corrected chi connectivity index (χ4v) is 3.15. The van der Waals surface area contributed by atoms with Gasteiger partial charge in [-0.3, -0.25) is 0 Å². The minimum absolute atomic E-state index is 0.210. The molecule has 21 heavy (non-hydrogen) atoms. The second-order valence-corrected chi connectivity index (χ2v) is 5.93. The third-order valence-corrected chi connectivity index (χ3v) is 4.14. The Bertz CT molecular complexity index is 540. The number of aryl methyl sites for hydroxylation is 1. The Morgan fingerprint density at radius 1 is 1.57 bits per heavy atom. The van der Waals surface area contributed by atoms with Crippen molar-refractivity contribution < 1.29 is 14.6 Å². The van der Waals surface area contributed by atoms with E-state index in [0.717, 1.165) is 12.8 Å². The van der Waals surface area contributed by atoms with E-state index in [2.05, 4.69) is 22.1 Å². The van der Waals surface area contributed by atoms with Gasteiger partial charge < -0.3 is 20.5 Å². The van der Waals surface area contributed by atoms with Crippen LogP contribution in [-0.2, 0) is 16.0 Å². The number of carbonyl (C=O) groups excluding carboxylic acids is 1. The lowest BCUT2D eigenvalue weighted by Crippen LogP contribution is -2.51. The van der Waals surface area contributed by atoms with Gasteiger partial charge in [0.15, 0.2) is 5.11 Å². The van der Waals surface area contributed by atoms with Crippen molar-refractivity contribution in [1.82, 2.24) is 10.6 Å². The first-order valence-electron chi connectivity index (χ1n) is 6.69. The van der Waals surface area contributed by atoms with Crippen LogP contribution in [-0.4, -0.2) is 35.4 Å². The van der Waals surface area contributed by atoms with Crippen molar-refractivity contribution in [3.63, 3.8) is 0 Å². The smallest absolute Gasteiger partial charge is 0.337 e. The zero-order chi connectivity index (χ0) is 15.2. The van der Waals surface area contributed by atoms with Gasteiger partial charge in [0.05, 0.1) is 24.8 Å². The summed E-state index contributed by atoms with van der Waals surface area (Å²) < 4.78 is 5.29. The molecule has 0 aliphatic carbocycles. The summed E-state index contributed by atoms with van der Waals surface area (Å²) >= 11 is 6.66. The second-order valence-electron chi connectivity index (χ2n) is 4.74. The van der Waals surface area contributed by atoms with Gasteiger partial charge in [-0.05, 0) is 54.4 Å². The molecule has 0 saturated carbocycles. The number of aliphatic hydroxyl groups excluding tert-OH is 1. The van der Waals surface area contributed by atoms with Gasteiger partial charge in [0.1, 0.15) is 0 Å². The maximum Gasteiger partial charge on any atom is 0.337 e. The first kappa shape index (κ1) is 15.9. The zero-order valence-electron chi connectivity index (χ0n) is 11.7. The highest BCUT2D eigenvalue weighted by Gasteiger charge is 2.28. The largest absolute Gasteiger partial charge is 0.462 e. The topological polar surface area (TPSA) is 70.6 Å². The van der Waals surface area contributed by atoms with E-state index in [9.17, 15) is 9.90 Å². The number of hydrogen-bond donors (Lipinski definition) is 3. The highest BCUT2D eigenvalue weighted by molar-refractivity contribution is 7.80. The molecule has 1 unspecified atom stereocenters. The molecule has 7 heteroatoms. The maximum atomic E-state index is 12.1. The molecule has 1 aliphatic rings. The molecule has 0 amide bonds. The van der Waals surface area contributed by atoms with Crippen LogP contribution in [0.3, 0.4) is 0 Å². The van der Waals surface area contributed by atoms with Crippen LogP contribution in [0.25, 0.3) is 0 Å². The number of rotatable bonds is 6. The number of thiocarbonyl (C=S) groups is 1. The summed E-state index contributed by atoms with van der Waals surface area (Å²) in [7, 11) is 0. The van der Waals surface area contributed by atoms with Gasteiger partial charge in [0.2, 0.25) is 0 Å². The van der Waals surface area contributed by atoms with E-state index in [-0.39, 0.29) is 6.61 Å². The molecule has 114 valence electrons. The molecular weight excluding hydrogens is 308 g/mol. The SMILES string of the molecule is CC1=C(C(=O)OCCCc2ccsc2)C(CO)NC(=S)N1. The number of carbonyl (C=O) groups is 1. The number of ether oxygens (including phenoxy) is 1. The highest BCUT2D eigenvalue weighted by atomic mass is 32.1. The summed E-state index contributed by atoms with van der Waals surface area (Å²) in [6, 6.07) is 1.56. The molecule has 0 spiro atoms. The molecule has 1 aromatic rings. The summed E-state index contributed by atoms with van der Waals surface area (Å²) in [5.41, 5.74) is 2.29. The fraction of sp³-hybridized carbons (Fsp3) is 0.429. The average Bonchev–Trinajstić information content (AvgIpc) is 2.95. The molecule has 0 aromatic carbocycles. The van der Waals surface area contributed by atoms with Crippen molar-refractivity contribution >= 4 is 34.6 Å². The van der Waals surface area contributed by atoms with Crippen molar-refractivity contribution in [2.24, 2.45) is 0 Å². The maximum absolute atomic E-state index is 12.1. The van der Waals surface area contributed by atoms with E-state index in [1.807, 2.05) is 5.38 Å². The number of esters is 1. The molecule has 0 fully saturated rings. The first-order chi connectivity index (χ1) is 10.1. The average molecular weight is 326 g/mol. The molecule has 2 rings (SSSR count). The van der Waals surface area contributed by atoms with Crippen LogP contribution in [0.5, 0.6) is 0 Å².